The number of aromatic nitrogens is 1. The highest BCUT2D eigenvalue weighted by Gasteiger charge is 2.25. The van der Waals surface area contributed by atoms with Crippen LogP contribution >= 0.6 is 0 Å². The second kappa shape index (κ2) is 5.93. The first kappa shape index (κ1) is 13.0. The number of amides is 1. The van der Waals surface area contributed by atoms with Crippen LogP contribution in [0.25, 0.3) is 0 Å². The third kappa shape index (κ3) is 3.51. The monoisotopic (exact) mass is 248 g/mol. The SMILES string of the molecule is CN(CCNC(=O)c1ccnc(CN)c1)C1CC1. The van der Waals surface area contributed by atoms with E-state index in [0.717, 1.165) is 18.3 Å². The van der Waals surface area contributed by atoms with E-state index in [1.165, 1.54) is 12.8 Å². The number of hydrogen-bond acceptors (Lipinski definition) is 4. The van der Waals surface area contributed by atoms with Crippen LogP contribution in [0.15, 0.2) is 18.3 Å². The van der Waals surface area contributed by atoms with Crippen molar-refractivity contribution in [2.45, 2.75) is 25.4 Å². The molecule has 1 aromatic rings. The lowest BCUT2D eigenvalue weighted by Gasteiger charge is -2.15. The van der Waals surface area contributed by atoms with Crippen LogP contribution in [0, 0.1) is 0 Å². The molecule has 0 aliphatic heterocycles. The van der Waals surface area contributed by atoms with Crippen LogP contribution in [0.1, 0.15) is 28.9 Å². The molecule has 0 unspecified atom stereocenters. The molecule has 1 saturated carbocycles. The minimum absolute atomic E-state index is 0.0590. The van der Waals surface area contributed by atoms with E-state index in [1.807, 2.05) is 0 Å². The molecule has 98 valence electrons. The van der Waals surface area contributed by atoms with Gasteiger partial charge in [0.25, 0.3) is 5.91 Å². The van der Waals surface area contributed by atoms with E-state index in [9.17, 15) is 4.79 Å². The molecule has 0 aromatic carbocycles. The first-order valence-electron chi connectivity index (χ1n) is 6.34. The molecule has 0 atom stereocenters. The second-order valence-corrected chi connectivity index (χ2v) is 4.71. The molecule has 1 heterocycles. The van der Waals surface area contributed by atoms with Crippen LogP contribution in [0.4, 0.5) is 0 Å². The Morgan fingerprint density at radius 3 is 3.06 bits per heavy atom. The zero-order valence-corrected chi connectivity index (χ0v) is 10.7. The first-order valence-corrected chi connectivity index (χ1v) is 6.34. The number of likely N-dealkylation sites (N-methyl/N-ethyl adjacent to an activating group) is 1. The van der Waals surface area contributed by atoms with Crippen molar-refractivity contribution in [2.24, 2.45) is 5.73 Å². The van der Waals surface area contributed by atoms with Gasteiger partial charge in [-0.15, -0.1) is 0 Å². The number of carbonyl (C=O) groups excluding carboxylic acids is 1. The number of nitrogens with two attached hydrogens (primary N) is 1. The first-order chi connectivity index (χ1) is 8.70. The Balaban J connectivity index is 1.79. The summed E-state index contributed by atoms with van der Waals surface area (Å²) in [5.41, 5.74) is 6.86. The van der Waals surface area contributed by atoms with Gasteiger partial charge in [-0.25, -0.2) is 0 Å². The predicted octanol–water partition coefficient (Wildman–Crippen LogP) is 0.364. The predicted molar refractivity (Wildman–Crippen MR) is 70.1 cm³/mol. The number of pyridine rings is 1. The smallest absolute Gasteiger partial charge is 0.251 e. The van der Waals surface area contributed by atoms with Gasteiger partial charge in [-0.05, 0) is 32.0 Å². The van der Waals surface area contributed by atoms with Gasteiger partial charge in [0.15, 0.2) is 0 Å². The van der Waals surface area contributed by atoms with Crippen molar-refractivity contribution in [3.8, 4) is 0 Å². The topological polar surface area (TPSA) is 71.2 Å². The quantitative estimate of drug-likeness (QED) is 0.762. The Morgan fingerprint density at radius 2 is 2.39 bits per heavy atom. The van der Waals surface area contributed by atoms with Crippen LogP contribution in [0.5, 0.6) is 0 Å². The van der Waals surface area contributed by atoms with Gasteiger partial charge >= 0.3 is 0 Å². The number of hydrogen-bond donors (Lipinski definition) is 2. The lowest BCUT2D eigenvalue weighted by molar-refractivity contribution is 0.0949. The molecule has 1 aromatic heterocycles. The molecule has 2 rings (SSSR count). The molecular formula is C13H20N4O. The number of nitrogens with zero attached hydrogens (tertiary/aromatic N) is 2. The maximum Gasteiger partial charge on any atom is 0.251 e. The van der Waals surface area contributed by atoms with E-state index in [0.29, 0.717) is 18.7 Å². The van der Waals surface area contributed by atoms with E-state index in [2.05, 4.69) is 22.2 Å². The van der Waals surface area contributed by atoms with Gasteiger partial charge in [0.05, 0.1) is 5.69 Å². The molecule has 1 aliphatic rings. The molecule has 18 heavy (non-hydrogen) atoms. The Hall–Kier alpha value is -1.46. The van der Waals surface area contributed by atoms with E-state index in [1.54, 1.807) is 18.3 Å². The molecule has 0 radical (unpaired) electrons. The molecule has 5 nitrogen and oxygen atoms in total. The van der Waals surface area contributed by atoms with Crippen LogP contribution in [0.3, 0.4) is 0 Å². The van der Waals surface area contributed by atoms with Crippen LogP contribution < -0.4 is 11.1 Å². The lowest BCUT2D eigenvalue weighted by Crippen LogP contribution is -2.34. The standard InChI is InChI=1S/C13H20N4O/c1-17(12-2-3-12)7-6-16-13(18)10-4-5-15-11(8-10)9-14/h4-5,8,12H,2-3,6-7,9,14H2,1H3,(H,16,18). The molecule has 0 spiro atoms. The fraction of sp³-hybridized carbons (Fsp3) is 0.538. The highest BCUT2D eigenvalue weighted by atomic mass is 16.1. The summed E-state index contributed by atoms with van der Waals surface area (Å²) >= 11 is 0. The molecular weight excluding hydrogens is 228 g/mol. The van der Waals surface area contributed by atoms with Crippen molar-refractivity contribution in [1.82, 2.24) is 15.2 Å². The van der Waals surface area contributed by atoms with Gasteiger partial charge in [-0.2, -0.15) is 0 Å². The molecule has 1 fully saturated rings. The van der Waals surface area contributed by atoms with Crippen LogP contribution in [-0.2, 0) is 6.54 Å². The van der Waals surface area contributed by atoms with Crippen molar-refractivity contribution in [3.63, 3.8) is 0 Å². The van der Waals surface area contributed by atoms with Crippen molar-refractivity contribution < 1.29 is 4.79 Å². The zero-order chi connectivity index (χ0) is 13.0. The fourth-order valence-corrected chi connectivity index (χ4v) is 1.88. The second-order valence-electron chi connectivity index (χ2n) is 4.71. The number of carbonyl (C=O) groups is 1. The fourth-order valence-electron chi connectivity index (χ4n) is 1.88. The summed E-state index contributed by atoms with van der Waals surface area (Å²) in [6.45, 7) is 1.92. The minimum atomic E-state index is -0.0590. The van der Waals surface area contributed by atoms with Gasteiger partial charge in [-0.3, -0.25) is 9.78 Å². The molecule has 1 amide bonds. The summed E-state index contributed by atoms with van der Waals surface area (Å²) in [5.74, 6) is -0.0590. The largest absolute Gasteiger partial charge is 0.351 e. The Bertz CT molecular complexity index is 417. The van der Waals surface area contributed by atoms with Gasteiger partial charge < -0.3 is 16.0 Å². The van der Waals surface area contributed by atoms with E-state index < -0.39 is 0 Å². The van der Waals surface area contributed by atoms with Gasteiger partial charge in [-0.1, -0.05) is 0 Å². The third-order valence-corrected chi connectivity index (χ3v) is 3.21. The molecule has 1 aliphatic carbocycles. The summed E-state index contributed by atoms with van der Waals surface area (Å²) in [4.78, 5) is 18.2. The minimum Gasteiger partial charge on any atom is -0.351 e. The number of rotatable bonds is 6. The van der Waals surface area contributed by atoms with Crippen molar-refractivity contribution in [2.75, 3.05) is 20.1 Å². The average molecular weight is 248 g/mol. The number of nitrogens with one attached hydrogen (secondary N) is 1. The van der Waals surface area contributed by atoms with E-state index in [-0.39, 0.29) is 5.91 Å². The summed E-state index contributed by atoms with van der Waals surface area (Å²) in [6, 6.07) is 4.17. The summed E-state index contributed by atoms with van der Waals surface area (Å²) in [5, 5.41) is 2.91. The lowest BCUT2D eigenvalue weighted by atomic mass is 10.2. The van der Waals surface area contributed by atoms with Crippen molar-refractivity contribution in [1.29, 1.82) is 0 Å². The summed E-state index contributed by atoms with van der Waals surface area (Å²) in [7, 11) is 2.10. The zero-order valence-electron chi connectivity index (χ0n) is 10.7. The maximum absolute atomic E-state index is 11.9. The average Bonchev–Trinajstić information content (AvgIpc) is 3.23. The van der Waals surface area contributed by atoms with Crippen molar-refractivity contribution in [3.05, 3.63) is 29.6 Å². The van der Waals surface area contributed by atoms with Gasteiger partial charge in [0.2, 0.25) is 0 Å². The van der Waals surface area contributed by atoms with E-state index >= 15 is 0 Å². The highest BCUT2D eigenvalue weighted by molar-refractivity contribution is 5.94. The third-order valence-electron chi connectivity index (χ3n) is 3.21. The van der Waals surface area contributed by atoms with E-state index in [4.69, 9.17) is 5.73 Å². The van der Waals surface area contributed by atoms with Gasteiger partial charge in [0, 0.05) is 37.4 Å². The van der Waals surface area contributed by atoms with Crippen molar-refractivity contribution >= 4 is 5.91 Å². The summed E-state index contributed by atoms with van der Waals surface area (Å²) in [6.07, 6.45) is 4.19. The van der Waals surface area contributed by atoms with Crippen LogP contribution in [-0.4, -0.2) is 42.0 Å². The Labute approximate surface area is 107 Å². The molecule has 5 heteroatoms. The van der Waals surface area contributed by atoms with Crippen LogP contribution in [0.2, 0.25) is 0 Å². The molecule has 3 N–H and O–H groups in total. The molecule has 0 saturated heterocycles. The highest BCUT2D eigenvalue weighted by Crippen LogP contribution is 2.24. The Kier molecular flexibility index (Phi) is 4.28. The normalized spacial score (nSPS) is 14.8. The van der Waals surface area contributed by atoms with Gasteiger partial charge in [0.1, 0.15) is 0 Å². The maximum atomic E-state index is 11.9. The summed E-state index contributed by atoms with van der Waals surface area (Å²) < 4.78 is 0. The Morgan fingerprint density at radius 1 is 1.61 bits per heavy atom. The molecule has 0 bridgehead atoms.